The third-order valence-corrected chi connectivity index (χ3v) is 4.82. The van der Waals surface area contributed by atoms with Crippen molar-refractivity contribution in [2.75, 3.05) is 43.2 Å². The first-order chi connectivity index (χ1) is 14.1. The molecule has 162 valence electrons. The van der Waals surface area contributed by atoms with Gasteiger partial charge in [0.15, 0.2) is 0 Å². The van der Waals surface area contributed by atoms with E-state index in [1.165, 1.54) is 0 Å². The smallest absolute Gasteiger partial charge is 0.243 e. The van der Waals surface area contributed by atoms with Crippen molar-refractivity contribution >= 4 is 24.1 Å². The van der Waals surface area contributed by atoms with Gasteiger partial charge in [-0.3, -0.25) is 25.6 Å². The molecule has 1 aliphatic heterocycles. The highest BCUT2D eigenvalue weighted by molar-refractivity contribution is 5.80. The molecular weight excluding hydrogens is 376 g/mol. The lowest BCUT2D eigenvalue weighted by Crippen LogP contribution is -2.41. The number of anilines is 2. The van der Waals surface area contributed by atoms with Crippen LogP contribution < -0.4 is 15.8 Å². The van der Waals surface area contributed by atoms with Crippen molar-refractivity contribution in [1.82, 2.24) is 20.5 Å². The summed E-state index contributed by atoms with van der Waals surface area (Å²) in [4.78, 5) is 34.4. The Balaban J connectivity index is 2.02. The van der Waals surface area contributed by atoms with Gasteiger partial charge in [-0.1, -0.05) is 33.1 Å². The molecule has 2 amide bonds. The minimum absolute atomic E-state index is 0.0599. The Hall–Kier alpha value is -2.46. The molecule has 0 bridgehead atoms. The standard InChI is InChI=1S/C19H32N6O4/c1-3-5-6-7-15(13-25(28)14-26)18(27)22-23-19-20-16(4-2)12-17(21-19)24-8-10-29-11-9-24/h12,14-15,28H,3-11,13H2,1-2H3,(H,22,27)(H,20,21,23). The number of aryl methyl sites for hydroxylation is 1. The van der Waals surface area contributed by atoms with Crippen LogP contribution in [-0.2, 0) is 20.7 Å². The molecule has 1 saturated heterocycles. The molecule has 3 N–H and O–H groups in total. The van der Waals surface area contributed by atoms with Crippen LogP contribution in [0.25, 0.3) is 0 Å². The molecule has 1 aromatic heterocycles. The highest BCUT2D eigenvalue weighted by atomic mass is 16.5. The second kappa shape index (κ2) is 12.2. The molecule has 1 fully saturated rings. The van der Waals surface area contributed by atoms with Crippen molar-refractivity contribution in [2.45, 2.75) is 46.0 Å². The summed E-state index contributed by atoms with van der Waals surface area (Å²) >= 11 is 0. The first-order valence-electron chi connectivity index (χ1n) is 10.2. The highest BCUT2D eigenvalue weighted by Gasteiger charge is 2.21. The number of hydrazine groups is 1. The highest BCUT2D eigenvalue weighted by Crippen LogP contribution is 2.17. The van der Waals surface area contributed by atoms with Gasteiger partial charge >= 0.3 is 0 Å². The maximum atomic E-state index is 12.6. The summed E-state index contributed by atoms with van der Waals surface area (Å²) in [6.07, 6.45) is 4.45. The van der Waals surface area contributed by atoms with E-state index < -0.39 is 5.92 Å². The van der Waals surface area contributed by atoms with Crippen LogP contribution >= 0.6 is 0 Å². The van der Waals surface area contributed by atoms with Gasteiger partial charge in [-0.2, -0.15) is 4.98 Å². The van der Waals surface area contributed by atoms with E-state index in [1.54, 1.807) is 0 Å². The van der Waals surface area contributed by atoms with Crippen LogP contribution in [0.15, 0.2) is 6.07 Å². The number of unbranched alkanes of at least 4 members (excludes halogenated alkanes) is 2. The Morgan fingerprint density at radius 2 is 2.10 bits per heavy atom. The Bertz CT molecular complexity index is 654. The number of hydrogen-bond acceptors (Lipinski definition) is 8. The van der Waals surface area contributed by atoms with Crippen LogP contribution in [0.3, 0.4) is 0 Å². The number of amides is 2. The molecule has 0 aliphatic carbocycles. The first kappa shape index (κ1) is 22.8. The molecule has 0 aromatic carbocycles. The number of hydroxylamine groups is 2. The van der Waals surface area contributed by atoms with Crippen molar-refractivity contribution < 1.29 is 19.5 Å². The van der Waals surface area contributed by atoms with Crippen LogP contribution in [0.4, 0.5) is 11.8 Å². The van der Waals surface area contributed by atoms with Crippen molar-refractivity contribution in [2.24, 2.45) is 5.92 Å². The van der Waals surface area contributed by atoms with E-state index >= 15 is 0 Å². The SMILES string of the molecule is CCCCCC(CN(O)C=O)C(=O)NNc1nc(CC)cc(N2CCOCC2)n1. The molecule has 0 spiro atoms. The topological polar surface area (TPSA) is 120 Å². The van der Waals surface area contributed by atoms with Crippen LogP contribution in [-0.4, -0.2) is 65.4 Å². The van der Waals surface area contributed by atoms with Crippen LogP contribution in [0.2, 0.25) is 0 Å². The summed E-state index contributed by atoms with van der Waals surface area (Å²) in [6, 6.07) is 1.94. The van der Waals surface area contributed by atoms with E-state index in [2.05, 4.69) is 32.6 Å². The predicted molar refractivity (Wildman–Crippen MR) is 108 cm³/mol. The molecule has 29 heavy (non-hydrogen) atoms. The maximum Gasteiger partial charge on any atom is 0.243 e. The van der Waals surface area contributed by atoms with E-state index in [0.717, 1.165) is 50.3 Å². The van der Waals surface area contributed by atoms with Crippen LogP contribution in [0.1, 0.15) is 45.2 Å². The zero-order valence-corrected chi connectivity index (χ0v) is 17.3. The number of carbonyl (C=O) groups is 2. The predicted octanol–water partition coefficient (Wildman–Crippen LogP) is 1.36. The number of aromatic nitrogens is 2. The lowest BCUT2D eigenvalue weighted by atomic mass is 10.0. The summed E-state index contributed by atoms with van der Waals surface area (Å²) in [6.45, 7) is 6.83. The van der Waals surface area contributed by atoms with E-state index in [9.17, 15) is 14.8 Å². The largest absolute Gasteiger partial charge is 0.378 e. The monoisotopic (exact) mass is 408 g/mol. The molecule has 1 aliphatic rings. The van der Waals surface area contributed by atoms with Gasteiger partial charge in [0.25, 0.3) is 0 Å². The fraction of sp³-hybridized carbons (Fsp3) is 0.684. The van der Waals surface area contributed by atoms with Gasteiger partial charge in [-0.05, 0) is 12.8 Å². The average molecular weight is 409 g/mol. The van der Waals surface area contributed by atoms with E-state index in [-0.39, 0.29) is 12.5 Å². The minimum Gasteiger partial charge on any atom is -0.378 e. The van der Waals surface area contributed by atoms with Gasteiger partial charge in [0.2, 0.25) is 18.3 Å². The summed E-state index contributed by atoms with van der Waals surface area (Å²) < 4.78 is 5.39. The van der Waals surface area contributed by atoms with Gasteiger partial charge in [-0.15, -0.1) is 0 Å². The number of hydrogen-bond donors (Lipinski definition) is 3. The average Bonchev–Trinajstić information content (AvgIpc) is 2.77. The van der Waals surface area contributed by atoms with E-state index in [1.807, 2.05) is 13.0 Å². The molecule has 1 aromatic rings. The van der Waals surface area contributed by atoms with Crippen molar-refractivity contribution in [3.8, 4) is 0 Å². The molecule has 10 heteroatoms. The molecular formula is C19H32N6O4. The van der Waals surface area contributed by atoms with Gasteiger partial charge in [0.1, 0.15) is 5.82 Å². The molecule has 10 nitrogen and oxygen atoms in total. The van der Waals surface area contributed by atoms with Crippen molar-refractivity contribution in [3.63, 3.8) is 0 Å². The first-order valence-corrected chi connectivity index (χ1v) is 10.2. The van der Waals surface area contributed by atoms with E-state index in [4.69, 9.17) is 4.74 Å². The fourth-order valence-electron chi connectivity index (χ4n) is 3.11. The zero-order chi connectivity index (χ0) is 21.1. The molecule has 0 radical (unpaired) electrons. The molecule has 2 heterocycles. The Kier molecular flexibility index (Phi) is 9.58. The molecule has 1 unspecified atom stereocenters. The molecule has 1 atom stereocenters. The van der Waals surface area contributed by atoms with Gasteiger partial charge < -0.3 is 9.64 Å². The van der Waals surface area contributed by atoms with Gasteiger partial charge in [-0.25, -0.2) is 10.0 Å². The number of carbonyl (C=O) groups excluding carboxylic acids is 2. The molecule has 0 saturated carbocycles. The summed E-state index contributed by atoms with van der Waals surface area (Å²) in [5.41, 5.74) is 6.28. The number of ether oxygens (including phenoxy) is 1. The maximum absolute atomic E-state index is 12.6. The quantitative estimate of drug-likeness (QED) is 0.205. The third kappa shape index (κ3) is 7.47. The zero-order valence-electron chi connectivity index (χ0n) is 17.3. The Labute approximate surface area is 171 Å². The normalized spacial score (nSPS) is 14.9. The number of rotatable bonds is 12. The Morgan fingerprint density at radius 1 is 1.34 bits per heavy atom. The lowest BCUT2D eigenvalue weighted by molar-refractivity contribution is -0.154. The molecule has 2 rings (SSSR count). The minimum atomic E-state index is -0.530. The number of nitrogens with one attached hydrogen (secondary N) is 2. The van der Waals surface area contributed by atoms with E-state index in [0.29, 0.717) is 37.1 Å². The number of nitrogens with zero attached hydrogens (tertiary/aromatic N) is 4. The summed E-state index contributed by atoms with van der Waals surface area (Å²) in [5.74, 6) is 0.249. The number of morpholine rings is 1. The summed E-state index contributed by atoms with van der Waals surface area (Å²) in [7, 11) is 0. The third-order valence-electron chi connectivity index (χ3n) is 4.82. The van der Waals surface area contributed by atoms with Gasteiger partial charge in [0.05, 0.1) is 25.7 Å². The fourth-order valence-corrected chi connectivity index (χ4v) is 3.11. The second-order valence-electron chi connectivity index (χ2n) is 7.03. The second-order valence-corrected chi connectivity index (χ2v) is 7.03. The Morgan fingerprint density at radius 3 is 2.76 bits per heavy atom. The van der Waals surface area contributed by atoms with Crippen molar-refractivity contribution in [1.29, 1.82) is 0 Å². The van der Waals surface area contributed by atoms with Crippen LogP contribution in [0.5, 0.6) is 0 Å². The lowest BCUT2D eigenvalue weighted by Gasteiger charge is -2.28. The summed E-state index contributed by atoms with van der Waals surface area (Å²) in [5, 5.41) is 9.99. The van der Waals surface area contributed by atoms with Crippen molar-refractivity contribution in [3.05, 3.63) is 11.8 Å². The van der Waals surface area contributed by atoms with Gasteiger partial charge in [0, 0.05) is 24.8 Å². The van der Waals surface area contributed by atoms with Crippen LogP contribution in [0, 0.1) is 5.92 Å².